The number of anilines is 1. The zero-order valence-corrected chi connectivity index (χ0v) is 14.1. The van der Waals surface area contributed by atoms with Crippen LogP contribution < -0.4 is 5.32 Å². The number of piperidine rings is 1. The van der Waals surface area contributed by atoms with Gasteiger partial charge in [-0.3, -0.25) is 0 Å². The average Bonchev–Trinajstić information content (AvgIpc) is 3.02. The molecule has 0 radical (unpaired) electrons. The van der Waals surface area contributed by atoms with Gasteiger partial charge in [-0.15, -0.1) is 10.2 Å². The van der Waals surface area contributed by atoms with Crippen LogP contribution in [0.5, 0.6) is 0 Å². The Kier molecular flexibility index (Phi) is 4.80. The summed E-state index contributed by atoms with van der Waals surface area (Å²) >= 11 is 0. The number of aliphatic hydroxyl groups is 1. The van der Waals surface area contributed by atoms with Gasteiger partial charge in [-0.25, -0.2) is 4.79 Å². The lowest BCUT2D eigenvalue weighted by Gasteiger charge is -2.32. The largest absolute Gasteiger partial charge is 0.396 e. The molecule has 0 unspecified atom stereocenters. The Hall–Kier alpha value is -2.41. The molecule has 128 valence electrons. The number of hydrogen-bond donors (Lipinski definition) is 2. The molecule has 7 heteroatoms. The summed E-state index contributed by atoms with van der Waals surface area (Å²) in [5.41, 5.74) is 2.67. The summed E-state index contributed by atoms with van der Waals surface area (Å²) in [5, 5.41) is 20.4. The molecule has 2 N–H and O–H groups in total. The molecular weight excluding hydrogens is 306 g/mol. The van der Waals surface area contributed by atoms with Crippen LogP contribution in [-0.4, -0.2) is 50.5 Å². The predicted molar refractivity (Wildman–Crippen MR) is 91.6 cm³/mol. The maximum absolute atomic E-state index is 12.5. The third kappa shape index (κ3) is 3.26. The molecule has 3 rings (SSSR count). The van der Waals surface area contributed by atoms with E-state index in [9.17, 15) is 9.90 Å². The summed E-state index contributed by atoms with van der Waals surface area (Å²) in [5.74, 6) is 0.942. The van der Waals surface area contributed by atoms with Gasteiger partial charge in [-0.05, 0) is 37.3 Å². The summed E-state index contributed by atoms with van der Waals surface area (Å²) in [4.78, 5) is 14.3. The number of amides is 2. The van der Waals surface area contributed by atoms with Gasteiger partial charge in [0.15, 0.2) is 5.82 Å². The van der Waals surface area contributed by atoms with E-state index >= 15 is 0 Å². The van der Waals surface area contributed by atoms with E-state index in [1.807, 2.05) is 36.7 Å². The molecule has 0 saturated carbocycles. The zero-order chi connectivity index (χ0) is 17.1. The average molecular weight is 329 g/mol. The molecule has 1 saturated heterocycles. The monoisotopic (exact) mass is 329 g/mol. The first-order valence-corrected chi connectivity index (χ1v) is 8.21. The van der Waals surface area contributed by atoms with Gasteiger partial charge in [0.2, 0.25) is 0 Å². The molecule has 1 aromatic heterocycles. The molecule has 1 atom stereocenters. The third-order valence-corrected chi connectivity index (χ3v) is 4.59. The van der Waals surface area contributed by atoms with Gasteiger partial charge in [-0.2, -0.15) is 0 Å². The molecule has 0 spiro atoms. The van der Waals surface area contributed by atoms with Crippen molar-refractivity contribution < 1.29 is 9.90 Å². The molecule has 1 aromatic carbocycles. The Bertz CT molecular complexity index is 728. The molecule has 2 aromatic rings. The van der Waals surface area contributed by atoms with Gasteiger partial charge < -0.3 is 19.9 Å². The van der Waals surface area contributed by atoms with E-state index in [0.29, 0.717) is 6.54 Å². The molecule has 0 bridgehead atoms. The van der Waals surface area contributed by atoms with E-state index in [2.05, 4.69) is 15.5 Å². The Balaban J connectivity index is 1.78. The van der Waals surface area contributed by atoms with Gasteiger partial charge in [0.05, 0.1) is 0 Å². The van der Waals surface area contributed by atoms with Gasteiger partial charge >= 0.3 is 6.03 Å². The fourth-order valence-corrected chi connectivity index (χ4v) is 3.13. The number of nitrogens with zero attached hydrogens (tertiary/aromatic N) is 4. The van der Waals surface area contributed by atoms with Crippen LogP contribution in [0.4, 0.5) is 10.5 Å². The number of nitrogens with one attached hydrogen (secondary N) is 1. The summed E-state index contributed by atoms with van der Waals surface area (Å²) in [6.45, 7) is 3.42. The van der Waals surface area contributed by atoms with Crippen molar-refractivity contribution >= 4 is 11.7 Å². The van der Waals surface area contributed by atoms with Crippen LogP contribution in [0.1, 0.15) is 18.4 Å². The van der Waals surface area contributed by atoms with Crippen molar-refractivity contribution in [2.75, 3.05) is 25.0 Å². The predicted octanol–water partition coefficient (Wildman–Crippen LogP) is 2.03. The standard InChI is InChI=1S/C17H23N5O2/c1-12-14(16-20-18-11-21(16)2)6-3-7-15(12)19-17(24)22-8-4-5-13(9-22)10-23/h3,6-7,11,13,23H,4-5,8-10H2,1-2H3,(H,19,24)/t13-/m0/s1. The van der Waals surface area contributed by atoms with Crippen LogP contribution in [-0.2, 0) is 7.05 Å². The number of rotatable bonds is 3. The third-order valence-electron chi connectivity index (χ3n) is 4.59. The SMILES string of the molecule is Cc1c(NC(=O)N2CCC[C@H](CO)C2)cccc1-c1nncn1C. The number of aryl methyl sites for hydroxylation is 1. The number of hydrogen-bond acceptors (Lipinski definition) is 4. The van der Waals surface area contributed by atoms with Crippen molar-refractivity contribution in [3.63, 3.8) is 0 Å². The fraction of sp³-hybridized carbons (Fsp3) is 0.471. The highest BCUT2D eigenvalue weighted by Crippen LogP contribution is 2.27. The van der Waals surface area contributed by atoms with Gasteiger partial charge in [0, 0.05) is 38.0 Å². The van der Waals surface area contributed by atoms with Gasteiger partial charge in [-0.1, -0.05) is 12.1 Å². The molecule has 1 fully saturated rings. The summed E-state index contributed by atoms with van der Waals surface area (Å²) in [6.07, 6.45) is 3.56. The second kappa shape index (κ2) is 7.00. The molecule has 2 heterocycles. The van der Waals surface area contributed by atoms with Gasteiger partial charge in [0.1, 0.15) is 6.33 Å². The second-order valence-electron chi connectivity index (χ2n) is 6.31. The van der Waals surface area contributed by atoms with E-state index in [-0.39, 0.29) is 18.6 Å². The lowest BCUT2D eigenvalue weighted by molar-refractivity contribution is 0.136. The van der Waals surface area contributed by atoms with Crippen LogP contribution in [0.15, 0.2) is 24.5 Å². The summed E-state index contributed by atoms with van der Waals surface area (Å²) in [6, 6.07) is 5.64. The first-order chi connectivity index (χ1) is 11.6. The van der Waals surface area contributed by atoms with Crippen molar-refractivity contribution in [3.05, 3.63) is 30.1 Å². The zero-order valence-electron chi connectivity index (χ0n) is 14.1. The van der Waals surface area contributed by atoms with Crippen LogP contribution >= 0.6 is 0 Å². The molecule has 24 heavy (non-hydrogen) atoms. The number of aliphatic hydroxyl groups excluding tert-OH is 1. The van der Waals surface area contributed by atoms with Crippen molar-refractivity contribution in [2.45, 2.75) is 19.8 Å². The number of benzene rings is 1. The number of aromatic nitrogens is 3. The lowest BCUT2D eigenvalue weighted by atomic mass is 9.99. The van der Waals surface area contributed by atoms with E-state index < -0.39 is 0 Å². The van der Waals surface area contributed by atoms with Crippen molar-refractivity contribution in [1.29, 1.82) is 0 Å². The minimum absolute atomic E-state index is 0.119. The Morgan fingerprint density at radius 3 is 3.00 bits per heavy atom. The minimum Gasteiger partial charge on any atom is -0.396 e. The quantitative estimate of drug-likeness (QED) is 0.902. The van der Waals surface area contributed by atoms with E-state index in [4.69, 9.17) is 0 Å². The van der Waals surface area contributed by atoms with Crippen LogP contribution in [0.25, 0.3) is 11.4 Å². The van der Waals surface area contributed by atoms with Crippen LogP contribution in [0.3, 0.4) is 0 Å². The molecule has 1 aliphatic rings. The molecule has 2 amide bonds. The number of carbonyl (C=O) groups excluding carboxylic acids is 1. The smallest absolute Gasteiger partial charge is 0.321 e. The Morgan fingerprint density at radius 2 is 2.29 bits per heavy atom. The first kappa shape index (κ1) is 16.4. The Morgan fingerprint density at radius 1 is 1.46 bits per heavy atom. The normalized spacial score (nSPS) is 17.8. The second-order valence-corrected chi connectivity index (χ2v) is 6.31. The van der Waals surface area contributed by atoms with Gasteiger partial charge in [0.25, 0.3) is 0 Å². The maximum Gasteiger partial charge on any atom is 0.321 e. The minimum atomic E-state index is -0.119. The molecular formula is C17H23N5O2. The van der Waals surface area contributed by atoms with E-state index in [0.717, 1.165) is 42.0 Å². The lowest BCUT2D eigenvalue weighted by Crippen LogP contribution is -2.43. The van der Waals surface area contributed by atoms with E-state index in [1.54, 1.807) is 11.2 Å². The van der Waals surface area contributed by atoms with Crippen LogP contribution in [0, 0.1) is 12.8 Å². The highest BCUT2D eigenvalue weighted by atomic mass is 16.3. The summed E-state index contributed by atoms with van der Waals surface area (Å²) in [7, 11) is 1.89. The van der Waals surface area contributed by atoms with Crippen molar-refractivity contribution in [3.8, 4) is 11.4 Å². The Labute approximate surface area is 141 Å². The van der Waals surface area contributed by atoms with Crippen molar-refractivity contribution in [1.82, 2.24) is 19.7 Å². The number of carbonyl (C=O) groups is 1. The summed E-state index contributed by atoms with van der Waals surface area (Å²) < 4.78 is 1.85. The molecule has 0 aliphatic carbocycles. The maximum atomic E-state index is 12.5. The molecule has 7 nitrogen and oxygen atoms in total. The van der Waals surface area contributed by atoms with Crippen LogP contribution in [0.2, 0.25) is 0 Å². The first-order valence-electron chi connectivity index (χ1n) is 8.21. The number of likely N-dealkylation sites (tertiary alicyclic amines) is 1. The van der Waals surface area contributed by atoms with E-state index in [1.165, 1.54) is 0 Å². The highest BCUT2D eigenvalue weighted by molar-refractivity contribution is 5.91. The topological polar surface area (TPSA) is 83.3 Å². The molecule has 1 aliphatic heterocycles. The fourth-order valence-electron chi connectivity index (χ4n) is 3.13. The van der Waals surface area contributed by atoms with Crippen molar-refractivity contribution in [2.24, 2.45) is 13.0 Å². The number of urea groups is 1. The highest BCUT2D eigenvalue weighted by Gasteiger charge is 2.23.